The molecule has 0 bridgehead atoms. The molecule has 1 fully saturated rings. The molecule has 0 spiro atoms. The average molecular weight is 697 g/mol. The van der Waals surface area contributed by atoms with Crippen molar-refractivity contribution in [3.8, 4) is 11.5 Å². The van der Waals surface area contributed by atoms with Gasteiger partial charge in [-0.25, -0.2) is 17.2 Å². The van der Waals surface area contributed by atoms with E-state index >= 15 is 4.39 Å². The second-order valence-electron chi connectivity index (χ2n) is 11.7. The number of para-hydroxylation sites is 1. The van der Waals surface area contributed by atoms with Gasteiger partial charge in [-0.3, -0.25) is 9.10 Å². The van der Waals surface area contributed by atoms with Crippen LogP contribution >= 0.6 is 11.6 Å². The van der Waals surface area contributed by atoms with Crippen LogP contribution in [0.1, 0.15) is 61.4 Å². The van der Waals surface area contributed by atoms with Crippen LogP contribution in [0.3, 0.4) is 0 Å². The van der Waals surface area contributed by atoms with Crippen molar-refractivity contribution < 1.29 is 31.5 Å². The lowest BCUT2D eigenvalue weighted by Gasteiger charge is -2.36. The molecule has 0 saturated carbocycles. The number of rotatable bonds is 14. The number of carbonyl (C=O) groups is 1. The van der Waals surface area contributed by atoms with E-state index in [1.54, 1.807) is 36.4 Å². The van der Waals surface area contributed by atoms with Crippen LogP contribution in [0.25, 0.3) is 0 Å². The quantitative estimate of drug-likeness (QED) is 0.123. The summed E-state index contributed by atoms with van der Waals surface area (Å²) in [5.41, 5.74) is 0.621. The normalized spacial score (nSPS) is 14.8. The van der Waals surface area contributed by atoms with E-state index in [-0.39, 0.29) is 30.0 Å². The Kier molecular flexibility index (Phi) is 11.9. The van der Waals surface area contributed by atoms with Crippen molar-refractivity contribution in [3.05, 3.63) is 119 Å². The molecule has 48 heavy (non-hydrogen) atoms. The third-order valence-electron chi connectivity index (χ3n) is 8.33. The van der Waals surface area contributed by atoms with E-state index in [4.69, 9.17) is 21.1 Å². The van der Waals surface area contributed by atoms with E-state index in [0.717, 1.165) is 60.4 Å². The maximum absolute atomic E-state index is 15.1. The van der Waals surface area contributed by atoms with Gasteiger partial charge in [0.05, 0.1) is 30.3 Å². The van der Waals surface area contributed by atoms with Gasteiger partial charge in [0.25, 0.3) is 15.9 Å². The lowest BCUT2D eigenvalue weighted by Crippen LogP contribution is -2.44. The molecule has 1 amide bonds. The monoisotopic (exact) mass is 696 g/mol. The van der Waals surface area contributed by atoms with Crippen molar-refractivity contribution in [3.63, 3.8) is 0 Å². The average Bonchev–Trinajstić information content (AvgIpc) is 3.09. The van der Waals surface area contributed by atoms with Crippen molar-refractivity contribution in [1.82, 2.24) is 4.90 Å². The number of amides is 1. The van der Waals surface area contributed by atoms with Gasteiger partial charge < -0.3 is 14.4 Å². The van der Waals surface area contributed by atoms with Crippen LogP contribution in [-0.2, 0) is 16.6 Å². The van der Waals surface area contributed by atoms with E-state index < -0.39 is 27.3 Å². The molecule has 1 aliphatic heterocycles. The van der Waals surface area contributed by atoms with E-state index in [0.29, 0.717) is 41.5 Å². The summed E-state index contributed by atoms with van der Waals surface area (Å²) in [6, 6.07) is 22.2. The second-order valence-corrected chi connectivity index (χ2v) is 14.0. The van der Waals surface area contributed by atoms with Gasteiger partial charge in [0.2, 0.25) is 0 Å². The summed E-state index contributed by atoms with van der Waals surface area (Å²) in [5.74, 6) is -0.580. The highest BCUT2D eigenvalue weighted by Gasteiger charge is 2.30. The first-order valence-electron chi connectivity index (χ1n) is 16.1. The molecule has 0 aromatic heterocycles. The molecule has 4 aromatic rings. The van der Waals surface area contributed by atoms with E-state index in [9.17, 15) is 17.6 Å². The fourth-order valence-corrected chi connectivity index (χ4v) is 7.28. The predicted molar refractivity (Wildman–Crippen MR) is 183 cm³/mol. The van der Waals surface area contributed by atoms with Crippen LogP contribution in [0.4, 0.5) is 14.5 Å². The molecule has 0 aliphatic carbocycles. The molecule has 5 rings (SSSR count). The largest absolute Gasteiger partial charge is 0.494 e. The van der Waals surface area contributed by atoms with Gasteiger partial charge >= 0.3 is 0 Å². The Morgan fingerprint density at radius 2 is 1.69 bits per heavy atom. The highest BCUT2D eigenvalue weighted by atomic mass is 35.5. The fourth-order valence-electron chi connectivity index (χ4n) is 5.71. The molecule has 0 N–H and O–H groups in total. The summed E-state index contributed by atoms with van der Waals surface area (Å²) < 4.78 is 69.9. The Bertz CT molecular complexity index is 1790. The fraction of sp³-hybridized carbons (Fsp3) is 0.324. The molecule has 1 heterocycles. The van der Waals surface area contributed by atoms with Crippen molar-refractivity contribution >= 4 is 33.2 Å². The minimum Gasteiger partial charge on any atom is -0.494 e. The van der Waals surface area contributed by atoms with E-state index in [1.165, 1.54) is 24.3 Å². The molecule has 1 unspecified atom stereocenters. The number of piperidine rings is 1. The van der Waals surface area contributed by atoms with Crippen molar-refractivity contribution in [2.45, 2.75) is 62.9 Å². The molecule has 1 aliphatic rings. The zero-order chi connectivity index (χ0) is 34.1. The predicted octanol–water partition coefficient (Wildman–Crippen LogP) is 8.66. The standard InChI is InChI=1S/C37H39ClF2N2O5S/c1-2-3-23-46-32-16-11-27(12-17-32)37(43)41-22-7-6-9-31(41)21-24-47-36-10-5-4-8-28(36)26-42(35-25-30(39)15-20-34(35)40)48(44,45)33-18-13-29(38)14-19-33/h4-5,8,10-20,25,31H,2-3,6-7,9,21-24,26H2,1H3. The number of hydrogen-bond donors (Lipinski definition) is 0. The maximum Gasteiger partial charge on any atom is 0.264 e. The zero-order valence-electron chi connectivity index (χ0n) is 26.8. The maximum atomic E-state index is 15.1. The summed E-state index contributed by atoms with van der Waals surface area (Å²) in [4.78, 5) is 15.3. The number of benzene rings is 4. The Morgan fingerprint density at radius 3 is 2.44 bits per heavy atom. The lowest BCUT2D eigenvalue weighted by molar-refractivity contribution is 0.0580. The SMILES string of the molecule is CCCCOc1ccc(C(=O)N2CCCCC2CCOc2ccccc2CN(c2cc(F)ccc2F)S(=O)(=O)c2ccc(Cl)cc2)cc1. The third kappa shape index (κ3) is 8.65. The first-order chi connectivity index (χ1) is 23.2. The molecule has 4 aromatic carbocycles. The van der Waals surface area contributed by atoms with Gasteiger partial charge in [-0.15, -0.1) is 0 Å². The molecular formula is C37H39ClF2N2O5S. The zero-order valence-corrected chi connectivity index (χ0v) is 28.4. The van der Waals surface area contributed by atoms with Crippen LogP contribution in [0.2, 0.25) is 5.02 Å². The molecule has 11 heteroatoms. The summed E-state index contributed by atoms with van der Waals surface area (Å²) in [6.07, 6.45) is 5.31. The summed E-state index contributed by atoms with van der Waals surface area (Å²) in [6.45, 7) is 3.32. The molecule has 254 valence electrons. The molecule has 7 nitrogen and oxygen atoms in total. The third-order valence-corrected chi connectivity index (χ3v) is 10.4. The summed E-state index contributed by atoms with van der Waals surface area (Å²) >= 11 is 5.98. The molecule has 0 radical (unpaired) electrons. The number of carbonyl (C=O) groups excluding carboxylic acids is 1. The van der Waals surface area contributed by atoms with Crippen LogP contribution in [-0.4, -0.2) is 45.0 Å². The van der Waals surface area contributed by atoms with Crippen molar-refractivity contribution in [2.75, 3.05) is 24.1 Å². The van der Waals surface area contributed by atoms with Crippen LogP contribution in [0, 0.1) is 11.6 Å². The van der Waals surface area contributed by atoms with Gasteiger partial charge in [-0.05, 0) is 92.4 Å². The van der Waals surface area contributed by atoms with Gasteiger partial charge in [0, 0.05) is 41.2 Å². The van der Waals surface area contributed by atoms with Gasteiger partial charge in [0.1, 0.15) is 23.1 Å². The van der Waals surface area contributed by atoms with Gasteiger partial charge in [0.15, 0.2) is 0 Å². The number of ether oxygens (including phenoxy) is 2. The number of anilines is 1. The highest BCUT2D eigenvalue weighted by molar-refractivity contribution is 7.92. The van der Waals surface area contributed by atoms with Crippen molar-refractivity contribution in [2.24, 2.45) is 0 Å². The summed E-state index contributed by atoms with van der Waals surface area (Å²) in [5, 5.41) is 0.333. The van der Waals surface area contributed by atoms with Gasteiger partial charge in [-0.1, -0.05) is 43.1 Å². The number of hydrogen-bond acceptors (Lipinski definition) is 5. The number of halogens is 3. The number of unbranched alkanes of at least 4 members (excludes halogenated alkanes) is 1. The summed E-state index contributed by atoms with van der Waals surface area (Å²) in [7, 11) is -4.35. The highest BCUT2D eigenvalue weighted by Crippen LogP contribution is 2.32. The van der Waals surface area contributed by atoms with E-state index in [1.807, 2.05) is 17.0 Å². The van der Waals surface area contributed by atoms with Crippen molar-refractivity contribution in [1.29, 1.82) is 0 Å². The smallest absolute Gasteiger partial charge is 0.264 e. The van der Waals surface area contributed by atoms with Crippen LogP contribution in [0.5, 0.6) is 11.5 Å². The minimum absolute atomic E-state index is 0.0398. The number of likely N-dealkylation sites (tertiary alicyclic amines) is 1. The number of nitrogens with zero attached hydrogens (tertiary/aromatic N) is 2. The van der Waals surface area contributed by atoms with E-state index in [2.05, 4.69) is 6.92 Å². The first kappa shape index (κ1) is 35.2. The molecule has 1 saturated heterocycles. The number of sulfonamides is 1. The van der Waals surface area contributed by atoms with Gasteiger partial charge in [-0.2, -0.15) is 0 Å². The Labute approximate surface area is 286 Å². The minimum atomic E-state index is -4.35. The van der Waals surface area contributed by atoms with Crippen LogP contribution in [0.15, 0.2) is 95.9 Å². The second kappa shape index (κ2) is 16.3. The Hall–Kier alpha value is -4.15. The Morgan fingerprint density at radius 1 is 0.938 bits per heavy atom. The first-order valence-corrected chi connectivity index (χ1v) is 18.0. The van der Waals surface area contributed by atoms with Crippen LogP contribution < -0.4 is 13.8 Å². The topological polar surface area (TPSA) is 76.2 Å². The lowest BCUT2D eigenvalue weighted by atomic mass is 9.98. The molecule has 1 atom stereocenters. The molecular weight excluding hydrogens is 658 g/mol. The Balaban J connectivity index is 1.31.